The van der Waals surface area contributed by atoms with Crippen molar-refractivity contribution < 1.29 is 17.6 Å². The minimum Gasteiger partial charge on any atom is -0.354 e. The Balaban J connectivity index is 1.58. The third kappa shape index (κ3) is 4.73. The molecule has 4 aromatic rings. The number of hydrogen-bond acceptors (Lipinski definition) is 3. The standard InChI is InChI=1S/C26H26FN3O3S/c1-17-8-13-20(34(32,33)30(2)3)16-24(17)28-25(31)15-14-22-21-6-4-5-7-23(21)29-26(22)18-9-11-19(27)12-10-18/h4-13,16,29H,14-15H2,1-3H3,(H,28,31). The van der Waals surface area contributed by atoms with Gasteiger partial charge in [0.1, 0.15) is 5.82 Å². The van der Waals surface area contributed by atoms with Gasteiger partial charge in [-0.2, -0.15) is 0 Å². The number of rotatable bonds is 7. The first kappa shape index (κ1) is 23.7. The van der Waals surface area contributed by atoms with Crippen molar-refractivity contribution in [1.82, 2.24) is 9.29 Å². The van der Waals surface area contributed by atoms with Gasteiger partial charge >= 0.3 is 0 Å². The van der Waals surface area contributed by atoms with E-state index in [0.717, 1.165) is 37.6 Å². The SMILES string of the molecule is Cc1ccc(S(=O)(=O)N(C)C)cc1NC(=O)CCc1c(-c2ccc(F)cc2)[nH]c2ccccc12. The van der Waals surface area contributed by atoms with Gasteiger partial charge in [0, 0.05) is 42.8 Å². The van der Waals surface area contributed by atoms with Gasteiger partial charge in [-0.25, -0.2) is 17.1 Å². The summed E-state index contributed by atoms with van der Waals surface area (Å²) in [5, 5.41) is 3.86. The van der Waals surface area contributed by atoms with Crippen LogP contribution in [0.2, 0.25) is 0 Å². The second kappa shape index (κ2) is 9.40. The van der Waals surface area contributed by atoms with Crippen LogP contribution < -0.4 is 5.32 Å². The topological polar surface area (TPSA) is 82.3 Å². The Labute approximate surface area is 198 Å². The van der Waals surface area contributed by atoms with Crippen molar-refractivity contribution in [1.29, 1.82) is 0 Å². The first-order valence-electron chi connectivity index (χ1n) is 10.9. The van der Waals surface area contributed by atoms with Crippen LogP contribution in [0.15, 0.2) is 71.6 Å². The van der Waals surface area contributed by atoms with Crippen molar-refractivity contribution in [3.05, 3.63) is 83.7 Å². The predicted octanol–water partition coefficient (Wildman–Crippen LogP) is 5.10. The lowest BCUT2D eigenvalue weighted by molar-refractivity contribution is -0.116. The molecule has 1 heterocycles. The number of nitrogens with one attached hydrogen (secondary N) is 2. The first-order chi connectivity index (χ1) is 16.2. The lowest BCUT2D eigenvalue weighted by Crippen LogP contribution is -2.22. The van der Waals surface area contributed by atoms with Crippen molar-refractivity contribution in [2.45, 2.75) is 24.7 Å². The fraction of sp³-hybridized carbons (Fsp3) is 0.192. The molecule has 1 amide bonds. The molecular formula is C26H26FN3O3S. The summed E-state index contributed by atoms with van der Waals surface area (Å²) < 4.78 is 39.5. The number of nitrogens with zero attached hydrogens (tertiary/aromatic N) is 1. The number of benzene rings is 3. The van der Waals surface area contributed by atoms with Gasteiger partial charge in [0.15, 0.2) is 0 Å². The van der Waals surface area contributed by atoms with Crippen LogP contribution in [0.25, 0.3) is 22.2 Å². The summed E-state index contributed by atoms with van der Waals surface area (Å²) in [7, 11) is -0.681. The molecule has 2 N–H and O–H groups in total. The normalized spacial score (nSPS) is 11.8. The molecule has 176 valence electrons. The van der Waals surface area contributed by atoms with E-state index in [2.05, 4.69) is 10.3 Å². The van der Waals surface area contributed by atoms with Crippen molar-refractivity contribution in [3.63, 3.8) is 0 Å². The number of fused-ring (bicyclic) bond motifs is 1. The summed E-state index contributed by atoms with van der Waals surface area (Å²) in [6.07, 6.45) is 0.650. The Hall–Kier alpha value is -3.49. The molecule has 34 heavy (non-hydrogen) atoms. The fourth-order valence-corrected chi connectivity index (χ4v) is 4.81. The number of aromatic amines is 1. The van der Waals surface area contributed by atoms with Gasteiger partial charge in [0.05, 0.1) is 4.90 Å². The van der Waals surface area contributed by atoms with Crippen LogP contribution >= 0.6 is 0 Å². The summed E-state index contributed by atoms with van der Waals surface area (Å²) in [4.78, 5) is 16.4. The number of halogens is 1. The van der Waals surface area contributed by atoms with E-state index in [9.17, 15) is 17.6 Å². The Bertz CT molecular complexity index is 1460. The molecule has 0 atom stereocenters. The maximum absolute atomic E-state index is 13.4. The maximum atomic E-state index is 13.4. The van der Waals surface area contributed by atoms with E-state index < -0.39 is 10.0 Å². The highest BCUT2D eigenvalue weighted by atomic mass is 32.2. The highest BCUT2D eigenvalue weighted by Crippen LogP contribution is 2.31. The minimum absolute atomic E-state index is 0.119. The molecule has 4 rings (SSSR count). The lowest BCUT2D eigenvalue weighted by atomic mass is 10.0. The smallest absolute Gasteiger partial charge is 0.242 e. The molecule has 8 heteroatoms. The molecule has 0 unspecified atom stereocenters. The highest BCUT2D eigenvalue weighted by molar-refractivity contribution is 7.89. The molecule has 0 radical (unpaired) electrons. The molecule has 0 aliphatic carbocycles. The second-order valence-electron chi connectivity index (χ2n) is 8.34. The third-order valence-corrected chi connectivity index (χ3v) is 7.62. The van der Waals surface area contributed by atoms with Crippen molar-refractivity contribution in [3.8, 4) is 11.3 Å². The number of hydrogen-bond donors (Lipinski definition) is 2. The molecule has 3 aromatic carbocycles. The number of aryl methyl sites for hydroxylation is 2. The zero-order chi connectivity index (χ0) is 24.5. The number of carbonyl (C=O) groups excluding carboxylic acids is 1. The number of sulfonamides is 1. The van der Waals surface area contributed by atoms with Gasteiger partial charge in [-0.1, -0.05) is 24.3 Å². The zero-order valence-electron chi connectivity index (χ0n) is 19.2. The average Bonchev–Trinajstić information content (AvgIpc) is 3.18. The van der Waals surface area contributed by atoms with Crippen LogP contribution in [-0.2, 0) is 21.2 Å². The Morgan fingerprint density at radius 1 is 1.03 bits per heavy atom. The van der Waals surface area contributed by atoms with Gasteiger partial charge < -0.3 is 10.3 Å². The highest BCUT2D eigenvalue weighted by Gasteiger charge is 2.19. The summed E-state index contributed by atoms with van der Waals surface area (Å²) in [5.41, 5.74) is 4.83. The van der Waals surface area contributed by atoms with Gasteiger partial charge in [-0.05, 0) is 72.5 Å². The van der Waals surface area contributed by atoms with Crippen LogP contribution in [0.5, 0.6) is 0 Å². The second-order valence-corrected chi connectivity index (χ2v) is 10.5. The molecule has 0 saturated carbocycles. The molecule has 0 saturated heterocycles. The van der Waals surface area contributed by atoms with Gasteiger partial charge in [-0.15, -0.1) is 0 Å². The Morgan fingerprint density at radius 3 is 2.44 bits per heavy atom. The van der Waals surface area contributed by atoms with E-state index in [0.29, 0.717) is 12.1 Å². The molecule has 0 aliphatic rings. The number of para-hydroxylation sites is 1. The molecule has 6 nitrogen and oxygen atoms in total. The maximum Gasteiger partial charge on any atom is 0.242 e. The van der Waals surface area contributed by atoms with Crippen LogP contribution in [0.4, 0.5) is 10.1 Å². The van der Waals surface area contributed by atoms with Crippen LogP contribution in [0, 0.1) is 12.7 Å². The van der Waals surface area contributed by atoms with Crippen LogP contribution in [0.3, 0.4) is 0 Å². The summed E-state index contributed by atoms with van der Waals surface area (Å²) >= 11 is 0. The number of aromatic nitrogens is 1. The van der Waals surface area contributed by atoms with Crippen molar-refractivity contribution in [2.75, 3.05) is 19.4 Å². The van der Waals surface area contributed by atoms with Gasteiger partial charge in [0.25, 0.3) is 0 Å². The molecule has 0 aliphatic heterocycles. The van der Waals surface area contributed by atoms with Gasteiger partial charge in [-0.3, -0.25) is 4.79 Å². The van der Waals surface area contributed by atoms with Gasteiger partial charge in [0.2, 0.25) is 15.9 Å². The number of amides is 1. The lowest BCUT2D eigenvalue weighted by Gasteiger charge is -2.14. The fourth-order valence-electron chi connectivity index (χ4n) is 3.88. The molecule has 0 fully saturated rings. The molecule has 1 aromatic heterocycles. The van der Waals surface area contributed by atoms with E-state index >= 15 is 0 Å². The molecule has 0 spiro atoms. The Morgan fingerprint density at radius 2 is 1.74 bits per heavy atom. The third-order valence-electron chi connectivity index (χ3n) is 5.81. The van der Waals surface area contributed by atoms with Crippen molar-refractivity contribution in [2.24, 2.45) is 0 Å². The number of anilines is 1. The van der Waals surface area contributed by atoms with E-state index in [4.69, 9.17) is 0 Å². The number of H-pyrrole nitrogens is 1. The number of carbonyl (C=O) groups is 1. The summed E-state index contributed by atoms with van der Waals surface area (Å²) in [6.45, 7) is 1.81. The quantitative estimate of drug-likeness (QED) is 0.387. The average molecular weight is 480 g/mol. The molecular weight excluding hydrogens is 453 g/mol. The molecule has 0 bridgehead atoms. The van der Waals surface area contributed by atoms with E-state index in [1.807, 2.05) is 31.2 Å². The van der Waals surface area contributed by atoms with E-state index in [-0.39, 0.29) is 23.0 Å². The zero-order valence-corrected chi connectivity index (χ0v) is 20.0. The Kier molecular flexibility index (Phi) is 6.54. The summed E-state index contributed by atoms with van der Waals surface area (Å²) in [5.74, 6) is -0.535. The first-order valence-corrected chi connectivity index (χ1v) is 12.3. The van der Waals surface area contributed by atoms with E-state index in [1.54, 1.807) is 18.2 Å². The van der Waals surface area contributed by atoms with Crippen molar-refractivity contribution >= 4 is 32.5 Å². The monoisotopic (exact) mass is 479 g/mol. The largest absolute Gasteiger partial charge is 0.354 e. The van der Waals surface area contributed by atoms with E-state index in [1.165, 1.54) is 38.4 Å². The minimum atomic E-state index is -3.61. The van der Waals surface area contributed by atoms with Crippen LogP contribution in [0.1, 0.15) is 17.5 Å². The predicted molar refractivity (Wildman–Crippen MR) is 133 cm³/mol. The summed E-state index contributed by atoms with van der Waals surface area (Å²) in [6, 6.07) is 18.8. The van der Waals surface area contributed by atoms with Crippen LogP contribution in [-0.4, -0.2) is 37.7 Å².